The van der Waals surface area contributed by atoms with Crippen molar-refractivity contribution in [1.82, 2.24) is 0 Å². The van der Waals surface area contributed by atoms with Gasteiger partial charge in [0.25, 0.3) is 0 Å². The molecule has 3 nitrogen and oxygen atoms in total. The summed E-state index contributed by atoms with van der Waals surface area (Å²) in [6.07, 6.45) is 4.71. The lowest BCUT2D eigenvalue weighted by molar-refractivity contribution is -0.141. The first-order chi connectivity index (χ1) is 8.38. The van der Waals surface area contributed by atoms with E-state index in [2.05, 4.69) is 6.08 Å². The molecule has 0 unspecified atom stereocenters. The Hall–Kier alpha value is -1.77. The fraction of sp³-hybridized carbons (Fsp3) is 0.400. The van der Waals surface area contributed by atoms with Gasteiger partial charge in [0, 0.05) is 11.0 Å². The highest BCUT2D eigenvalue weighted by molar-refractivity contribution is 5.93. The van der Waals surface area contributed by atoms with Crippen molar-refractivity contribution >= 4 is 5.97 Å². The van der Waals surface area contributed by atoms with Gasteiger partial charge in [-0.3, -0.25) is 4.79 Å². The molecule has 0 amide bonds. The lowest BCUT2D eigenvalue weighted by atomic mass is 9.64. The van der Waals surface area contributed by atoms with E-state index in [-0.39, 0.29) is 17.1 Å². The zero-order valence-corrected chi connectivity index (χ0v) is 10.8. The third-order valence-corrected chi connectivity index (χ3v) is 4.37. The molecule has 1 aromatic carbocycles. The summed E-state index contributed by atoms with van der Waals surface area (Å²) in [6, 6.07) is 3.43. The van der Waals surface area contributed by atoms with Gasteiger partial charge in [0.05, 0.1) is 0 Å². The van der Waals surface area contributed by atoms with Gasteiger partial charge >= 0.3 is 5.97 Å². The molecule has 0 saturated carbocycles. The van der Waals surface area contributed by atoms with E-state index in [1.807, 2.05) is 19.9 Å². The topological polar surface area (TPSA) is 46.5 Å². The summed E-state index contributed by atoms with van der Waals surface area (Å²) >= 11 is 0. The molecule has 0 fully saturated rings. The number of hydrogen-bond acceptors (Lipinski definition) is 3. The highest BCUT2D eigenvalue weighted by Gasteiger charge is 2.59. The van der Waals surface area contributed by atoms with E-state index >= 15 is 0 Å². The highest BCUT2D eigenvalue weighted by Crippen LogP contribution is 2.57. The van der Waals surface area contributed by atoms with E-state index in [9.17, 15) is 9.90 Å². The number of phenolic OH excluding ortho intramolecular Hbond substituents is 1. The number of aromatic hydroxyl groups is 1. The quantitative estimate of drug-likeness (QED) is 0.433. The molecule has 94 valence electrons. The van der Waals surface area contributed by atoms with Crippen molar-refractivity contribution in [2.75, 3.05) is 0 Å². The fourth-order valence-corrected chi connectivity index (χ4v) is 3.12. The van der Waals surface area contributed by atoms with Crippen LogP contribution in [0.1, 0.15) is 31.4 Å². The molecule has 3 heteroatoms. The van der Waals surface area contributed by atoms with Crippen molar-refractivity contribution in [2.45, 2.75) is 32.6 Å². The number of phenols is 1. The van der Waals surface area contributed by atoms with Crippen molar-refractivity contribution in [3.8, 4) is 11.5 Å². The molecule has 0 bridgehead atoms. The SMILES string of the molecule is Cc1cc2c(cc1O)[C@]1(CC=CC1(C)C)C(=O)O2. The zero-order valence-electron chi connectivity index (χ0n) is 10.8. The largest absolute Gasteiger partial charge is 0.508 e. The van der Waals surface area contributed by atoms with Gasteiger partial charge < -0.3 is 9.84 Å². The van der Waals surface area contributed by atoms with Crippen LogP contribution in [0.3, 0.4) is 0 Å². The number of esters is 1. The number of benzene rings is 1. The Bertz CT molecular complexity index is 584. The van der Waals surface area contributed by atoms with Crippen LogP contribution in [0.5, 0.6) is 11.5 Å². The average molecular weight is 244 g/mol. The number of hydrogen-bond donors (Lipinski definition) is 1. The molecular weight excluding hydrogens is 228 g/mol. The van der Waals surface area contributed by atoms with Crippen LogP contribution in [0, 0.1) is 12.3 Å². The first kappa shape index (κ1) is 11.3. The van der Waals surface area contributed by atoms with Gasteiger partial charge in [-0.15, -0.1) is 0 Å². The second kappa shape index (κ2) is 3.16. The molecule has 1 aliphatic heterocycles. The van der Waals surface area contributed by atoms with E-state index in [1.54, 1.807) is 19.1 Å². The van der Waals surface area contributed by atoms with Crippen LogP contribution in [-0.2, 0) is 10.2 Å². The lowest BCUT2D eigenvalue weighted by Crippen LogP contribution is -2.43. The maximum atomic E-state index is 12.3. The normalized spacial score (nSPS) is 27.6. The Morgan fingerprint density at radius 3 is 2.67 bits per heavy atom. The molecule has 2 aliphatic rings. The van der Waals surface area contributed by atoms with Crippen LogP contribution in [-0.4, -0.2) is 11.1 Å². The summed E-state index contributed by atoms with van der Waals surface area (Å²) < 4.78 is 5.43. The number of carbonyl (C=O) groups excluding carboxylic acids is 1. The number of rotatable bonds is 0. The third kappa shape index (κ3) is 1.12. The Labute approximate surface area is 106 Å². The average Bonchev–Trinajstić information content (AvgIpc) is 2.72. The smallest absolute Gasteiger partial charge is 0.323 e. The Morgan fingerprint density at radius 2 is 2.06 bits per heavy atom. The summed E-state index contributed by atoms with van der Waals surface area (Å²) in [6.45, 7) is 5.86. The van der Waals surface area contributed by atoms with Crippen LogP contribution < -0.4 is 4.74 Å². The van der Waals surface area contributed by atoms with Gasteiger partial charge in [0.15, 0.2) is 0 Å². The first-order valence-electron chi connectivity index (χ1n) is 6.12. The molecule has 0 saturated heterocycles. The van der Waals surface area contributed by atoms with E-state index < -0.39 is 5.41 Å². The fourth-order valence-electron chi connectivity index (χ4n) is 3.12. The number of allylic oxidation sites excluding steroid dienone is 2. The third-order valence-electron chi connectivity index (χ3n) is 4.37. The van der Waals surface area contributed by atoms with Crippen LogP contribution in [0.2, 0.25) is 0 Å². The molecule has 1 N–H and O–H groups in total. The standard InChI is InChI=1S/C15H16O3/c1-9-7-12-10(8-11(9)16)15(13(17)18-12)6-4-5-14(15,2)3/h4-5,7-8,16H,6H2,1-3H3/t15-/m1/s1. The van der Waals surface area contributed by atoms with Crippen molar-refractivity contribution < 1.29 is 14.6 Å². The lowest BCUT2D eigenvalue weighted by Gasteiger charge is -2.34. The van der Waals surface area contributed by atoms with Crippen LogP contribution in [0.4, 0.5) is 0 Å². The summed E-state index contributed by atoms with van der Waals surface area (Å²) in [7, 11) is 0. The number of aryl methyl sites for hydroxylation is 1. The van der Waals surface area contributed by atoms with Crippen molar-refractivity contribution in [3.05, 3.63) is 35.4 Å². The van der Waals surface area contributed by atoms with E-state index in [0.717, 1.165) is 11.1 Å². The molecule has 3 rings (SSSR count). The van der Waals surface area contributed by atoms with Gasteiger partial charge in [-0.05, 0) is 31.0 Å². The maximum Gasteiger partial charge on any atom is 0.323 e. The summed E-state index contributed by atoms with van der Waals surface area (Å²) in [5.41, 5.74) is 0.567. The van der Waals surface area contributed by atoms with Crippen LogP contribution in [0.25, 0.3) is 0 Å². The monoisotopic (exact) mass is 244 g/mol. The summed E-state index contributed by atoms with van der Waals surface area (Å²) in [5, 5.41) is 9.90. The predicted octanol–water partition coefficient (Wildman–Crippen LogP) is 2.84. The zero-order chi connectivity index (χ0) is 13.1. The van der Waals surface area contributed by atoms with Crippen molar-refractivity contribution in [3.63, 3.8) is 0 Å². The molecule has 1 heterocycles. The number of ether oxygens (including phenoxy) is 1. The van der Waals surface area contributed by atoms with Gasteiger partial charge in [-0.2, -0.15) is 0 Å². The molecule has 18 heavy (non-hydrogen) atoms. The van der Waals surface area contributed by atoms with E-state index in [1.165, 1.54) is 0 Å². The Kier molecular flexibility index (Phi) is 1.99. The molecular formula is C15H16O3. The van der Waals surface area contributed by atoms with Crippen LogP contribution >= 0.6 is 0 Å². The molecule has 1 aliphatic carbocycles. The van der Waals surface area contributed by atoms with E-state index in [4.69, 9.17) is 4.74 Å². The molecule has 1 spiro atoms. The minimum absolute atomic E-state index is 0.211. The Morgan fingerprint density at radius 1 is 1.33 bits per heavy atom. The summed E-state index contributed by atoms with van der Waals surface area (Å²) in [5.74, 6) is 0.596. The second-order valence-corrected chi connectivity index (χ2v) is 5.76. The van der Waals surface area contributed by atoms with Gasteiger partial charge in [0.1, 0.15) is 16.9 Å². The van der Waals surface area contributed by atoms with Crippen LogP contribution in [0.15, 0.2) is 24.3 Å². The van der Waals surface area contributed by atoms with Crippen molar-refractivity contribution in [1.29, 1.82) is 0 Å². The van der Waals surface area contributed by atoms with E-state index in [0.29, 0.717) is 12.2 Å². The van der Waals surface area contributed by atoms with Gasteiger partial charge in [-0.1, -0.05) is 26.0 Å². The minimum Gasteiger partial charge on any atom is -0.508 e. The van der Waals surface area contributed by atoms with Gasteiger partial charge in [-0.25, -0.2) is 0 Å². The molecule has 0 aromatic heterocycles. The molecule has 1 aromatic rings. The minimum atomic E-state index is -0.673. The summed E-state index contributed by atoms with van der Waals surface area (Å²) in [4.78, 5) is 12.3. The predicted molar refractivity (Wildman–Crippen MR) is 67.7 cm³/mol. The first-order valence-corrected chi connectivity index (χ1v) is 6.12. The maximum absolute atomic E-state index is 12.3. The van der Waals surface area contributed by atoms with Gasteiger partial charge in [0.2, 0.25) is 0 Å². The van der Waals surface area contributed by atoms with Crippen molar-refractivity contribution in [2.24, 2.45) is 5.41 Å². The number of carbonyl (C=O) groups is 1. The molecule has 0 radical (unpaired) electrons. The number of fused-ring (bicyclic) bond motifs is 2. The highest BCUT2D eigenvalue weighted by atomic mass is 16.5. The second-order valence-electron chi connectivity index (χ2n) is 5.76. The molecule has 1 atom stereocenters. The Balaban J connectivity index is 2.28.